The van der Waals surface area contributed by atoms with Crippen LogP contribution in [0, 0.1) is 6.92 Å². The predicted octanol–water partition coefficient (Wildman–Crippen LogP) is 0.998. The molecule has 0 aliphatic rings. The van der Waals surface area contributed by atoms with Gasteiger partial charge in [-0.2, -0.15) is 0 Å². The van der Waals surface area contributed by atoms with E-state index in [2.05, 4.69) is 15.5 Å². The van der Waals surface area contributed by atoms with Crippen LogP contribution in [0.15, 0.2) is 18.2 Å². The van der Waals surface area contributed by atoms with E-state index in [1.807, 2.05) is 32.0 Å². The second-order valence-corrected chi connectivity index (χ2v) is 6.37. The molecule has 2 rings (SSSR count). The number of benzene rings is 1. The fourth-order valence-electron chi connectivity index (χ4n) is 1.75. The molecule has 2 unspecified atom stereocenters. The minimum Gasteiger partial charge on any atom is -0.399 e. The molecule has 1 aromatic carbocycles. The number of nitrogens with zero attached hydrogens (tertiary/aromatic N) is 4. The van der Waals surface area contributed by atoms with E-state index in [1.54, 1.807) is 10.9 Å². The number of tetrazole rings is 1. The van der Waals surface area contributed by atoms with Gasteiger partial charge >= 0.3 is 0 Å². The van der Waals surface area contributed by atoms with Crippen molar-refractivity contribution in [2.24, 2.45) is 0 Å². The first kappa shape index (κ1) is 13.7. The van der Waals surface area contributed by atoms with E-state index in [1.165, 1.54) is 0 Å². The fourth-order valence-corrected chi connectivity index (χ4v) is 2.10. The largest absolute Gasteiger partial charge is 0.399 e. The fraction of sp³-hybridized carbons (Fsp3) is 0.417. The summed E-state index contributed by atoms with van der Waals surface area (Å²) in [5.74, 6) is 0.655. The van der Waals surface area contributed by atoms with Crippen LogP contribution >= 0.6 is 0 Å². The Hall–Kier alpha value is -1.76. The average molecular weight is 279 g/mol. The topological polar surface area (TPSA) is 86.7 Å². The summed E-state index contributed by atoms with van der Waals surface area (Å²) in [7, 11) is -0.910. The molecule has 0 aliphatic heterocycles. The van der Waals surface area contributed by atoms with Gasteiger partial charge in [0.15, 0.2) is 5.82 Å². The number of rotatable bonds is 4. The van der Waals surface area contributed by atoms with Gasteiger partial charge in [-0.05, 0) is 42.0 Å². The molecule has 0 bridgehead atoms. The summed E-state index contributed by atoms with van der Waals surface area (Å²) in [4.78, 5) is 0. The Bertz CT molecular complexity index is 610. The van der Waals surface area contributed by atoms with Crippen LogP contribution in [-0.2, 0) is 17.3 Å². The van der Waals surface area contributed by atoms with Crippen LogP contribution < -0.4 is 5.73 Å². The van der Waals surface area contributed by atoms with Crippen molar-refractivity contribution in [1.29, 1.82) is 0 Å². The van der Waals surface area contributed by atoms with E-state index < -0.39 is 10.8 Å². The minimum atomic E-state index is -0.910. The average Bonchev–Trinajstić information content (AvgIpc) is 2.80. The van der Waals surface area contributed by atoms with Crippen LogP contribution in [0.25, 0.3) is 11.4 Å². The van der Waals surface area contributed by atoms with Crippen LogP contribution in [0.4, 0.5) is 5.69 Å². The molecule has 0 amide bonds. The Morgan fingerprint density at radius 1 is 1.47 bits per heavy atom. The quantitative estimate of drug-likeness (QED) is 0.844. The lowest BCUT2D eigenvalue weighted by Gasteiger charge is -2.11. The minimum absolute atomic E-state index is 0.0105. The SMILES string of the molecule is Cc1ccc(N)cc1-c1nnnn1CC(C)S(C)=O. The Morgan fingerprint density at radius 3 is 2.89 bits per heavy atom. The zero-order valence-electron chi connectivity index (χ0n) is 11.2. The molecule has 0 saturated heterocycles. The lowest BCUT2D eigenvalue weighted by molar-refractivity contribution is 0.579. The number of nitrogen functional groups attached to an aromatic ring is 1. The third kappa shape index (κ3) is 2.98. The van der Waals surface area contributed by atoms with Crippen molar-refractivity contribution in [3.63, 3.8) is 0 Å². The smallest absolute Gasteiger partial charge is 0.182 e. The van der Waals surface area contributed by atoms with Gasteiger partial charge in [0.05, 0.1) is 11.8 Å². The molecular formula is C12H17N5OS. The number of anilines is 1. The zero-order valence-corrected chi connectivity index (χ0v) is 12.0. The molecule has 0 saturated carbocycles. The third-order valence-electron chi connectivity index (χ3n) is 3.03. The van der Waals surface area contributed by atoms with Gasteiger partial charge in [0, 0.05) is 28.3 Å². The molecule has 1 aromatic heterocycles. The lowest BCUT2D eigenvalue weighted by atomic mass is 10.1. The number of aromatic nitrogens is 4. The van der Waals surface area contributed by atoms with Crippen molar-refractivity contribution in [1.82, 2.24) is 20.2 Å². The van der Waals surface area contributed by atoms with Crippen molar-refractivity contribution < 1.29 is 4.21 Å². The zero-order chi connectivity index (χ0) is 14.0. The summed E-state index contributed by atoms with van der Waals surface area (Å²) >= 11 is 0. The highest BCUT2D eigenvalue weighted by molar-refractivity contribution is 7.84. The first-order valence-electron chi connectivity index (χ1n) is 5.94. The van der Waals surface area contributed by atoms with Crippen LogP contribution in [0.5, 0.6) is 0 Å². The molecule has 0 radical (unpaired) electrons. The molecule has 2 N–H and O–H groups in total. The summed E-state index contributed by atoms with van der Waals surface area (Å²) in [6, 6.07) is 5.63. The van der Waals surface area contributed by atoms with Crippen LogP contribution in [0.2, 0.25) is 0 Å². The molecule has 0 fully saturated rings. The first-order valence-corrected chi connectivity index (χ1v) is 7.56. The van der Waals surface area contributed by atoms with Crippen molar-refractivity contribution in [3.8, 4) is 11.4 Å². The Labute approximate surface area is 114 Å². The van der Waals surface area contributed by atoms with Gasteiger partial charge in [-0.1, -0.05) is 6.07 Å². The maximum atomic E-state index is 11.4. The van der Waals surface area contributed by atoms with Crippen LogP contribution in [0.1, 0.15) is 12.5 Å². The van der Waals surface area contributed by atoms with E-state index in [-0.39, 0.29) is 5.25 Å². The van der Waals surface area contributed by atoms with Crippen LogP contribution in [-0.4, -0.2) is 35.9 Å². The monoisotopic (exact) mass is 279 g/mol. The van der Waals surface area contributed by atoms with E-state index in [0.717, 1.165) is 11.1 Å². The van der Waals surface area contributed by atoms with Gasteiger partial charge in [-0.25, -0.2) is 4.68 Å². The molecule has 7 heteroatoms. The first-order chi connectivity index (χ1) is 8.99. The Morgan fingerprint density at radius 2 is 2.21 bits per heavy atom. The normalized spacial score (nSPS) is 14.3. The molecule has 6 nitrogen and oxygen atoms in total. The van der Waals surface area contributed by atoms with Crippen molar-refractivity contribution in [2.75, 3.05) is 12.0 Å². The third-order valence-corrected chi connectivity index (χ3v) is 4.31. The molecule has 0 spiro atoms. The summed E-state index contributed by atoms with van der Waals surface area (Å²) in [6.07, 6.45) is 1.68. The van der Waals surface area contributed by atoms with Crippen molar-refractivity contribution >= 4 is 16.5 Å². The van der Waals surface area contributed by atoms with Gasteiger partial charge in [0.1, 0.15) is 0 Å². The van der Waals surface area contributed by atoms with Gasteiger partial charge in [-0.15, -0.1) is 5.10 Å². The standard InChI is InChI=1S/C12H17N5OS/c1-8-4-5-10(13)6-11(8)12-14-15-16-17(12)7-9(2)19(3)18/h4-6,9H,7,13H2,1-3H3. The molecule has 2 aromatic rings. The van der Waals surface area contributed by atoms with Crippen molar-refractivity contribution in [2.45, 2.75) is 25.6 Å². The van der Waals surface area contributed by atoms with E-state index >= 15 is 0 Å². The summed E-state index contributed by atoms with van der Waals surface area (Å²) in [6.45, 7) is 4.41. The van der Waals surface area contributed by atoms with Gasteiger partial charge in [-0.3, -0.25) is 4.21 Å². The van der Waals surface area contributed by atoms with Crippen LogP contribution in [0.3, 0.4) is 0 Å². The number of hydrogen-bond acceptors (Lipinski definition) is 5. The highest BCUT2D eigenvalue weighted by Gasteiger charge is 2.15. The van der Waals surface area contributed by atoms with Gasteiger partial charge in [0.2, 0.25) is 0 Å². The Kier molecular flexibility index (Phi) is 3.94. The van der Waals surface area contributed by atoms with E-state index in [4.69, 9.17) is 5.73 Å². The van der Waals surface area contributed by atoms with E-state index in [0.29, 0.717) is 18.1 Å². The van der Waals surface area contributed by atoms with Gasteiger partial charge in [0.25, 0.3) is 0 Å². The molecular weight excluding hydrogens is 262 g/mol. The summed E-state index contributed by atoms with van der Waals surface area (Å²) in [5, 5.41) is 11.7. The number of hydrogen-bond donors (Lipinski definition) is 1. The molecule has 2 atom stereocenters. The second kappa shape index (κ2) is 5.48. The summed E-state index contributed by atoms with van der Waals surface area (Å²) < 4.78 is 13.1. The van der Waals surface area contributed by atoms with Gasteiger partial charge < -0.3 is 5.73 Å². The molecule has 1 heterocycles. The Balaban J connectivity index is 2.39. The maximum absolute atomic E-state index is 11.4. The van der Waals surface area contributed by atoms with E-state index in [9.17, 15) is 4.21 Å². The molecule has 19 heavy (non-hydrogen) atoms. The predicted molar refractivity (Wildman–Crippen MR) is 75.9 cm³/mol. The maximum Gasteiger partial charge on any atom is 0.182 e. The lowest BCUT2D eigenvalue weighted by Crippen LogP contribution is -2.19. The molecule has 102 valence electrons. The summed E-state index contributed by atoms with van der Waals surface area (Å²) in [5.41, 5.74) is 8.43. The highest BCUT2D eigenvalue weighted by atomic mass is 32.2. The second-order valence-electron chi connectivity index (χ2n) is 4.57. The number of nitrogens with two attached hydrogens (primary N) is 1. The molecule has 0 aliphatic carbocycles. The number of aryl methyl sites for hydroxylation is 1. The van der Waals surface area contributed by atoms with Crippen molar-refractivity contribution in [3.05, 3.63) is 23.8 Å². The highest BCUT2D eigenvalue weighted by Crippen LogP contribution is 2.23.